The number of aromatic nitrogens is 2. The van der Waals surface area contributed by atoms with Crippen LogP contribution in [0.2, 0.25) is 0 Å². The van der Waals surface area contributed by atoms with Gasteiger partial charge in [0.25, 0.3) is 0 Å². The van der Waals surface area contributed by atoms with Crippen LogP contribution in [0.4, 0.5) is 4.39 Å². The molecule has 0 spiro atoms. The van der Waals surface area contributed by atoms with Crippen molar-refractivity contribution in [2.75, 3.05) is 13.6 Å². The number of amides is 1. The van der Waals surface area contributed by atoms with E-state index in [1.807, 2.05) is 25.2 Å². The van der Waals surface area contributed by atoms with Gasteiger partial charge in [-0.3, -0.25) is 9.89 Å². The summed E-state index contributed by atoms with van der Waals surface area (Å²) in [6.07, 6.45) is 4.33. The van der Waals surface area contributed by atoms with Gasteiger partial charge >= 0.3 is 0 Å². The largest absolute Gasteiger partial charge is 0.345 e. The number of halogens is 1. The number of benzene rings is 2. The third-order valence-electron chi connectivity index (χ3n) is 4.83. The van der Waals surface area contributed by atoms with E-state index in [1.54, 1.807) is 17.0 Å². The molecule has 1 N–H and O–H groups in total. The van der Waals surface area contributed by atoms with E-state index in [2.05, 4.69) is 28.4 Å². The Balaban J connectivity index is 1.35. The van der Waals surface area contributed by atoms with Gasteiger partial charge in [0.1, 0.15) is 5.82 Å². The number of unbranched alkanes of at least 4 members (excludes halogenated alkanes) is 2. The highest BCUT2D eigenvalue weighted by Crippen LogP contribution is 2.18. The van der Waals surface area contributed by atoms with E-state index < -0.39 is 0 Å². The molecular weight excluding hydrogens is 353 g/mol. The zero-order valence-electron chi connectivity index (χ0n) is 16.2. The van der Waals surface area contributed by atoms with E-state index in [4.69, 9.17) is 0 Å². The quantitative estimate of drug-likeness (QED) is 0.551. The van der Waals surface area contributed by atoms with Gasteiger partial charge in [-0.25, -0.2) is 4.39 Å². The maximum Gasteiger partial charge on any atom is 0.226 e. The smallest absolute Gasteiger partial charge is 0.226 e. The Morgan fingerprint density at radius 1 is 1.04 bits per heavy atom. The zero-order chi connectivity index (χ0) is 19.8. The summed E-state index contributed by atoms with van der Waals surface area (Å²) in [5, 5.41) is 7.49. The highest BCUT2D eigenvalue weighted by molar-refractivity contribution is 5.78. The molecule has 0 unspecified atom stereocenters. The van der Waals surface area contributed by atoms with Crippen molar-refractivity contribution in [3.05, 3.63) is 77.7 Å². The number of hydrogen-bond donors (Lipinski definition) is 1. The van der Waals surface area contributed by atoms with Crippen molar-refractivity contribution in [3.8, 4) is 11.3 Å². The molecule has 2 aromatic carbocycles. The molecule has 0 aliphatic heterocycles. The molecule has 0 saturated heterocycles. The number of H-pyrrole nitrogens is 1. The van der Waals surface area contributed by atoms with E-state index in [1.165, 1.54) is 12.1 Å². The molecule has 0 radical (unpaired) electrons. The molecule has 1 heterocycles. The van der Waals surface area contributed by atoms with Crippen LogP contribution < -0.4 is 0 Å². The molecule has 146 valence electrons. The molecule has 0 saturated carbocycles. The lowest BCUT2D eigenvalue weighted by Gasteiger charge is -2.17. The second kappa shape index (κ2) is 9.83. The average Bonchev–Trinajstić information content (AvgIpc) is 3.19. The van der Waals surface area contributed by atoms with Crippen LogP contribution in [0.1, 0.15) is 30.5 Å². The van der Waals surface area contributed by atoms with Crippen molar-refractivity contribution in [1.29, 1.82) is 0 Å². The van der Waals surface area contributed by atoms with Gasteiger partial charge in [-0.1, -0.05) is 48.9 Å². The fourth-order valence-electron chi connectivity index (χ4n) is 3.12. The van der Waals surface area contributed by atoms with Crippen LogP contribution in [0.15, 0.2) is 60.7 Å². The highest BCUT2D eigenvalue weighted by Gasteiger charge is 2.09. The third-order valence-corrected chi connectivity index (χ3v) is 4.83. The molecule has 3 aromatic rings. The summed E-state index contributed by atoms with van der Waals surface area (Å²) in [5.41, 5.74) is 4.07. The second-order valence-corrected chi connectivity index (χ2v) is 7.07. The van der Waals surface area contributed by atoms with Gasteiger partial charge in [-0.15, -0.1) is 0 Å². The zero-order valence-corrected chi connectivity index (χ0v) is 16.2. The number of likely N-dealkylation sites (N-methyl/N-ethyl adjacent to an activating group) is 1. The third kappa shape index (κ3) is 5.78. The summed E-state index contributed by atoms with van der Waals surface area (Å²) in [6.45, 7) is 0.734. The lowest BCUT2D eigenvalue weighted by molar-refractivity contribution is -0.129. The van der Waals surface area contributed by atoms with Crippen LogP contribution in [-0.2, 0) is 17.6 Å². The van der Waals surface area contributed by atoms with Gasteiger partial charge in [0.05, 0.1) is 12.1 Å². The minimum absolute atomic E-state index is 0.0627. The molecule has 0 aliphatic rings. The summed E-state index contributed by atoms with van der Waals surface area (Å²) in [6, 6.07) is 18.3. The maximum atomic E-state index is 12.9. The van der Waals surface area contributed by atoms with Crippen molar-refractivity contribution in [3.63, 3.8) is 0 Å². The average molecular weight is 379 g/mol. The van der Waals surface area contributed by atoms with Gasteiger partial charge in [-0.05, 0) is 43.0 Å². The summed E-state index contributed by atoms with van der Waals surface area (Å²) in [4.78, 5) is 14.0. The number of nitrogens with zero attached hydrogens (tertiary/aromatic N) is 2. The molecule has 3 rings (SSSR count). The first-order chi connectivity index (χ1) is 13.6. The predicted octanol–water partition coefficient (Wildman–Crippen LogP) is 4.63. The van der Waals surface area contributed by atoms with E-state index in [0.29, 0.717) is 6.42 Å². The standard InChI is InChI=1S/C23H26FN3O/c1-27(23(28)16-18-11-13-20(24)14-12-18)15-7-3-6-10-21-17-22(26-25-21)19-8-4-2-5-9-19/h2,4-5,8-9,11-14,17H,3,6-7,10,15-16H2,1H3,(H,25,26). The van der Waals surface area contributed by atoms with Crippen LogP contribution >= 0.6 is 0 Å². The van der Waals surface area contributed by atoms with Gasteiger partial charge in [-0.2, -0.15) is 5.10 Å². The van der Waals surface area contributed by atoms with Gasteiger partial charge < -0.3 is 4.90 Å². The van der Waals surface area contributed by atoms with Crippen molar-refractivity contribution in [2.45, 2.75) is 32.1 Å². The molecular formula is C23H26FN3O. The molecule has 1 aromatic heterocycles. The van der Waals surface area contributed by atoms with Crippen molar-refractivity contribution in [1.82, 2.24) is 15.1 Å². The molecule has 5 heteroatoms. The summed E-state index contributed by atoms with van der Waals surface area (Å²) in [7, 11) is 1.83. The summed E-state index contributed by atoms with van der Waals surface area (Å²) in [5.74, 6) is -0.217. The molecule has 0 fully saturated rings. The second-order valence-electron chi connectivity index (χ2n) is 7.07. The molecule has 1 amide bonds. The molecule has 0 aliphatic carbocycles. The van der Waals surface area contributed by atoms with E-state index >= 15 is 0 Å². The van der Waals surface area contributed by atoms with Crippen molar-refractivity contribution >= 4 is 5.91 Å². The molecule has 0 atom stereocenters. The SMILES string of the molecule is CN(CCCCCc1cc(-c2ccccc2)n[nH]1)C(=O)Cc1ccc(F)cc1. The number of carbonyl (C=O) groups is 1. The van der Waals surface area contributed by atoms with Crippen molar-refractivity contribution < 1.29 is 9.18 Å². The van der Waals surface area contributed by atoms with E-state index in [0.717, 1.165) is 54.7 Å². The van der Waals surface area contributed by atoms with Crippen LogP contribution in [0.3, 0.4) is 0 Å². The van der Waals surface area contributed by atoms with Crippen LogP contribution in [0.5, 0.6) is 0 Å². The number of hydrogen-bond acceptors (Lipinski definition) is 2. The molecule has 0 bridgehead atoms. The Morgan fingerprint density at radius 3 is 2.54 bits per heavy atom. The van der Waals surface area contributed by atoms with E-state index in [-0.39, 0.29) is 11.7 Å². The molecule has 4 nitrogen and oxygen atoms in total. The Bertz CT molecular complexity index is 874. The predicted molar refractivity (Wildman–Crippen MR) is 109 cm³/mol. The number of nitrogens with one attached hydrogen (secondary N) is 1. The fraction of sp³-hybridized carbons (Fsp3) is 0.304. The highest BCUT2D eigenvalue weighted by atomic mass is 19.1. The number of carbonyl (C=O) groups excluding carboxylic acids is 1. The van der Waals surface area contributed by atoms with Crippen LogP contribution in [0, 0.1) is 5.82 Å². The van der Waals surface area contributed by atoms with Crippen molar-refractivity contribution in [2.24, 2.45) is 0 Å². The Morgan fingerprint density at radius 2 is 1.79 bits per heavy atom. The summed E-state index contributed by atoms with van der Waals surface area (Å²) < 4.78 is 12.9. The van der Waals surface area contributed by atoms with Crippen LogP contribution in [0.25, 0.3) is 11.3 Å². The topological polar surface area (TPSA) is 49.0 Å². The number of aryl methyl sites for hydroxylation is 1. The minimum Gasteiger partial charge on any atom is -0.345 e. The number of aromatic amines is 1. The summed E-state index contributed by atoms with van der Waals surface area (Å²) >= 11 is 0. The monoisotopic (exact) mass is 379 g/mol. The minimum atomic E-state index is -0.280. The van der Waals surface area contributed by atoms with Gasteiger partial charge in [0.2, 0.25) is 5.91 Å². The van der Waals surface area contributed by atoms with E-state index in [9.17, 15) is 9.18 Å². The number of rotatable bonds is 9. The Labute approximate surface area is 165 Å². The van der Waals surface area contributed by atoms with Gasteiger partial charge in [0.15, 0.2) is 0 Å². The van der Waals surface area contributed by atoms with Crippen LogP contribution in [-0.4, -0.2) is 34.6 Å². The first-order valence-corrected chi connectivity index (χ1v) is 9.70. The Hall–Kier alpha value is -2.95. The lowest BCUT2D eigenvalue weighted by Crippen LogP contribution is -2.29. The fourth-order valence-corrected chi connectivity index (χ4v) is 3.12. The molecule has 28 heavy (non-hydrogen) atoms. The first kappa shape index (κ1) is 19.8. The normalized spacial score (nSPS) is 10.8. The first-order valence-electron chi connectivity index (χ1n) is 9.70. The Kier molecular flexibility index (Phi) is 6.95. The maximum absolute atomic E-state index is 12.9. The van der Waals surface area contributed by atoms with Gasteiger partial charge in [0, 0.05) is 24.8 Å². The lowest BCUT2D eigenvalue weighted by atomic mass is 10.1.